The van der Waals surface area contributed by atoms with Crippen LogP contribution in [0.2, 0.25) is 0 Å². The van der Waals surface area contributed by atoms with E-state index in [1.807, 2.05) is 56.5 Å². The number of aliphatic hydroxyl groups is 4. The normalized spacial score (nSPS) is 27.1. The summed E-state index contributed by atoms with van der Waals surface area (Å²) in [6.07, 6.45) is 1.05. The SMILES string of the molecule is CC(C(=O)O)C(C(=O)NN)C(C)c1ccccc1.COc1cccc2c1C(=O)c1c(O)c3c(c(O)c1C2=O)C[C@@](O)(C(=O)CO)C[C@@H]3O[C@@H]1CC[C@@H](O[C@@H]2CCCCO2)[C@](C)(N)C1.COc1cccc2c1C(=O)c1c(O)c3c(c(O)c1C2=O)C[C@@](O)(C(CO)=NNC(=O)C(C(C)C(=O)O)C(C)c1ccccc1)C[C@@H]3O[C@@H]1CC[C@@H](O[C@@H]2CCCCO2)[C@](C)(N)C1. The van der Waals surface area contributed by atoms with Crippen molar-refractivity contribution in [1.29, 1.82) is 0 Å². The number of phenols is 4. The Kier molecular flexibility index (Phi) is 29.0. The molecule has 2 heterocycles. The largest absolute Gasteiger partial charge is 0.507 e. The lowest BCUT2D eigenvalue weighted by atomic mass is 9.71. The molecule has 18 N–H and O–H groups in total. The number of benzene rings is 6. The number of carboxylic acid groups (broad SMARTS) is 2. The van der Waals surface area contributed by atoms with Crippen LogP contribution in [0, 0.1) is 23.7 Å². The Morgan fingerprint density at radius 3 is 1.26 bits per heavy atom. The number of methoxy groups -OCH3 is 2. The van der Waals surface area contributed by atoms with Crippen LogP contribution in [0.5, 0.6) is 34.5 Å². The van der Waals surface area contributed by atoms with E-state index in [0.29, 0.717) is 50.9 Å². The number of ether oxygens (including phenoxy) is 8. The van der Waals surface area contributed by atoms with E-state index in [1.165, 1.54) is 64.5 Å². The summed E-state index contributed by atoms with van der Waals surface area (Å²) in [4.78, 5) is 118. The van der Waals surface area contributed by atoms with Gasteiger partial charge in [0.25, 0.3) is 0 Å². The van der Waals surface area contributed by atoms with E-state index in [4.69, 9.17) is 60.3 Å². The summed E-state index contributed by atoms with van der Waals surface area (Å²) in [6.45, 7) is 9.49. The summed E-state index contributed by atoms with van der Waals surface area (Å²) in [6, 6.07) is 27.1. The number of aromatic hydroxyl groups is 4. The molecule has 6 aromatic rings. The minimum absolute atomic E-state index is 0.00568. The average Bonchev–Trinajstić information content (AvgIpc) is 0.712. The number of rotatable bonds is 25. The van der Waals surface area contributed by atoms with Crippen molar-refractivity contribution < 1.29 is 132 Å². The topological polar surface area (TPSA) is 544 Å². The number of nitrogens with one attached hydrogen (secondary N) is 2. The minimum Gasteiger partial charge on any atom is -0.507 e. The Labute approximate surface area is 721 Å². The molecule has 2 amide bonds. The van der Waals surface area contributed by atoms with Gasteiger partial charge in [0.15, 0.2) is 29.9 Å². The van der Waals surface area contributed by atoms with Crippen molar-refractivity contribution >= 4 is 58.4 Å². The number of phenolic OH excluding ortho intramolecular Hbond substituents is 4. The van der Waals surface area contributed by atoms with Crippen LogP contribution in [0.15, 0.2) is 102 Å². The van der Waals surface area contributed by atoms with Gasteiger partial charge in [-0.15, -0.1) is 0 Å². The lowest BCUT2D eigenvalue weighted by molar-refractivity contribution is -0.214. The van der Waals surface area contributed by atoms with Gasteiger partial charge in [-0.1, -0.05) is 113 Å². The number of amides is 2. The Hall–Kier alpha value is -10.5. The van der Waals surface area contributed by atoms with Gasteiger partial charge in [0, 0.05) is 83.4 Å². The molecule has 0 bridgehead atoms. The molecule has 0 radical (unpaired) electrons. The maximum atomic E-state index is 14.2. The van der Waals surface area contributed by atoms with Gasteiger partial charge in [-0.25, -0.2) is 11.3 Å². The highest BCUT2D eigenvalue weighted by molar-refractivity contribution is 6.32. The number of hydrogen-bond donors (Lipinski definition) is 15. The Balaban J connectivity index is 0.000000196. The lowest BCUT2D eigenvalue weighted by Gasteiger charge is -2.46. The van der Waals surface area contributed by atoms with Crippen LogP contribution in [0.25, 0.3) is 0 Å². The third kappa shape index (κ3) is 19.0. The fourth-order valence-corrected chi connectivity index (χ4v) is 19.2. The van der Waals surface area contributed by atoms with E-state index in [2.05, 4.69) is 10.5 Å². The molecule has 0 spiro atoms. The smallest absolute Gasteiger partial charge is 0.307 e. The summed E-state index contributed by atoms with van der Waals surface area (Å²) in [7, 11) is 2.69. The molecule has 6 aliphatic carbocycles. The minimum atomic E-state index is -2.20. The number of carbonyl (C=O) groups is 9. The van der Waals surface area contributed by atoms with E-state index in [9.17, 15) is 89.1 Å². The molecular weight excluding hydrogens is 1620 g/mol. The molecule has 8 aliphatic rings. The average molecular weight is 1730 g/mol. The van der Waals surface area contributed by atoms with E-state index in [-0.39, 0.29) is 105 Å². The van der Waals surface area contributed by atoms with E-state index < -0.39 is 207 Å². The van der Waals surface area contributed by atoms with Gasteiger partial charge in [0.05, 0.1) is 120 Å². The molecular formula is C92H112N6O27. The predicted molar refractivity (Wildman–Crippen MR) is 448 cm³/mol. The van der Waals surface area contributed by atoms with Crippen LogP contribution in [-0.2, 0) is 65.2 Å². The van der Waals surface area contributed by atoms with Gasteiger partial charge < -0.3 is 100 Å². The number of Topliss-reactive ketones (excluding diaryl/α,β-unsaturated/α-hetero) is 1. The number of hydrogen-bond acceptors (Lipinski definition) is 29. The van der Waals surface area contributed by atoms with Crippen molar-refractivity contribution in [2.75, 3.05) is 40.6 Å². The quantitative estimate of drug-likeness (QED) is 0.00850. The number of aliphatic carboxylic acids is 2. The second-order valence-electron chi connectivity index (χ2n) is 34.5. The molecule has 2 saturated heterocycles. The number of ketones is 5. The maximum absolute atomic E-state index is 14.2. The Bertz CT molecular complexity index is 5110. The van der Waals surface area contributed by atoms with Gasteiger partial charge in [-0.3, -0.25) is 48.6 Å². The van der Waals surface area contributed by atoms with E-state index in [1.54, 1.807) is 37.3 Å². The van der Waals surface area contributed by atoms with Crippen LogP contribution in [0.3, 0.4) is 0 Å². The maximum Gasteiger partial charge on any atom is 0.307 e. The number of aliphatic hydroxyl groups excluding tert-OH is 2. The van der Waals surface area contributed by atoms with Gasteiger partial charge in [-0.2, -0.15) is 5.10 Å². The number of fused-ring (bicyclic) bond motifs is 6. The molecule has 672 valence electrons. The summed E-state index contributed by atoms with van der Waals surface area (Å²) in [5.41, 5.74) is 10.8. The van der Waals surface area contributed by atoms with Crippen molar-refractivity contribution in [3.05, 3.63) is 175 Å². The number of carboxylic acids is 2. The van der Waals surface area contributed by atoms with Gasteiger partial charge in [0.1, 0.15) is 52.3 Å². The van der Waals surface area contributed by atoms with Crippen LogP contribution >= 0.6 is 0 Å². The van der Waals surface area contributed by atoms with Crippen molar-refractivity contribution in [3.63, 3.8) is 0 Å². The Morgan fingerprint density at radius 1 is 0.496 bits per heavy atom. The zero-order chi connectivity index (χ0) is 90.6. The van der Waals surface area contributed by atoms with Crippen LogP contribution in [0.4, 0.5) is 0 Å². The number of nitrogens with zero attached hydrogens (tertiary/aromatic N) is 1. The highest BCUT2D eigenvalue weighted by Gasteiger charge is 2.54. The molecule has 125 heavy (non-hydrogen) atoms. The van der Waals surface area contributed by atoms with Crippen molar-refractivity contribution in [2.24, 2.45) is 46.1 Å². The predicted octanol–water partition coefficient (Wildman–Crippen LogP) is 7.88. The van der Waals surface area contributed by atoms with Gasteiger partial charge >= 0.3 is 11.9 Å². The first-order valence-electron chi connectivity index (χ1n) is 42.2. The van der Waals surface area contributed by atoms with Crippen molar-refractivity contribution in [2.45, 2.75) is 228 Å². The molecule has 6 aromatic carbocycles. The van der Waals surface area contributed by atoms with Gasteiger partial charge in [-0.05, 0) is 126 Å². The van der Waals surface area contributed by atoms with E-state index >= 15 is 0 Å². The number of nitrogens with two attached hydrogens (primary N) is 3. The fourth-order valence-electron chi connectivity index (χ4n) is 19.2. The molecule has 2 aliphatic heterocycles. The number of hydrazine groups is 1. The van der Waals surface area contributed by atoms with Gasteiger partial charge in [0.2, 0.25) is 23.4 Å². The standard InChI is InChI=1S/C46H55N3O13.C33H39NO11.C13H18N2O3/c1-23(25-11-6-5-7-12-25)34(24(2)44(56)57)43(55)49-48-31(22-50)46(58)20-28-36(30(21-46)61-26-16-17-32(45(3,47)19-26)62-33-15-8-9-18-60-33)42(54)38-37(40(28)52)39(51)27-13-10-14-29(59-4)35(27)41(38)53;1-32(34)12-16(9-10-22(32)45-23-8-3-4-11-43-23)44-20-14-33(41,21(36)15-35)13-18-25(20)31(40)27-26(29(18)38)28(37)17-6-5-7-19(42-2)24(17)30(27)39;1-8(10-6-4-3-5-7-10)11(12(16)15-14)9(2)13(17)18/h5-7,10-14,23-24,26,30,32-34,50,52,54,58H,8-9,15-22,47H2,1-4H3,(H,49,55)(H,56,57);5-7,16,20,22-23,35,38,40-41H,3-4,8-15,34H2,1-2H3;3-9,11H,14H2,1-2H3,(H,15,16)(H,17,18)/t23?,24?,26-,30+,32-,33-,34?,45-,46+;16-,20+,22-,23-,32-,33+;/m11./s1. The number of hydrazone groups is 1. The molecule has 33 nitrogen and oxygen atoms in total. The molecule has 2 saturated carbocycles. The number of carbonyl (C=O) groups excluding carboxylic acids is 7. The van der Waals surface area contributed by atoms with Crippen LogP contribution in [-0.4, -0.2) is 209 Å². The van der Waals surface area contributed by atoms with Crippen molar-refractivity contribution in [3.8, 4) is 34.5 Å². The molecule has 18 atom stereocenters. The summed E-state index contributed by atoms with van der Waals surface area (Å²) in [5, 5.41) is 115. The molecule has 33 heteroatoms. The highest BCUT2D eigenvalue weighted by atomic mass is 16.7. The third-order valence-corrected chi connectivity index (χ3v) is 26.1. The zero-order valence-electron chi connectivity index (χ0n) is 71.1. The summed E-state index contributed by atoms with van der Waals surface area (Å²) >= 11 is 0. The molecule has 4 fully saturated rings. The summed E-state index contributed by atoms with van der Waals surface area (Å²) in [5.74, 6) is -9.18. The first kappa shape index (κ1) is 93.7. The highest BCUT2D eigenvalue weighted by Crippen LogP contribution is 2.56. The monoisotopic (exact) mass is 1730 g/mol. The third-order valence-electron chi connectivity index (χ3n) is 26.1. The fraction of sp³-hybridized carbons (Fsp3) is 0.500. The summed E-state index contributed by atoms with van der Waals surface area (Å²) < 4.78 is 48.0. The lowest BCUT2D eigenvalue weighted by Crippen LogP contribution is -2.56. The second-order valence-corrected chi connectivity index (χ2v) is 34.5. The first-order valence-corrected chi connectivity index (χ1v) is 42.2. The second kappa shape index (κ2) is 38.8. The first-order chi connectivity index (χ1) is 59.4. The molecule has 0 aromatic heterocycles. The zero-order valence-corrected chi connectivity index (χ0v) is 71.1. The molecule has 14 rings (SSSR count). The van der Waals surface area contributed by atoms with E-state index in [0.717, 1.165) is 44.1 Å². The Morgan fingerprint density at radius 2 is 0.896 bits per heavy atom. The van der Waals surface area contributed by atoms with Crippen molar-refractivity contribution in [1.82, 2.24) is 10.9 Å². The van der Waals surface area contributed by atoms with Crippen LogP contribution < -0.4 is 37.6 Å². The molecule has 6 unspecified atom stereocenters. The van der Waals surface area contributed by atoms with Crippen LogP contribution in [0.1, 0.15) is 253 Å².